The predicted octanol–water partition coefficient (Wildman–Crippen LogP) is 4.42. The van der Waals surface area contributed by atoms with E-state index in [1.807, 2.05) is 37.6 Å². The van der Waals surface area contributed by atoms with E-state index < -0.39 is 10.0 Å². The first kappa shape index (κ1) is 22.9. The number of thiazole rings is 1. The Morgan fingerprint density at radius 3 is 2.52 bits per heavy atom. The van der Waals surface area contributed by atoms with Crippen molar-refractivity contribution < 1.29 is 13.2 Å². The van der Waals surface area contributed by atoms with Crippen LogP contribution in [0, 0.1) is 13.8 Å². The Kier molecular flexibility index (Phi) is 6.22. The van der Waals surface area contributed by atoms with Gasteiger partial charge in [0.15, 0.2) is 0 Å². The Bertz CT molecular complexity index is 1430. The molecule has 2 aromatic carbocycles. The molecule has 2 heterocycles. The number of imidazole rings is 1. The number of rotatable bonds is 7. The number of carbonyl (C=O) groups is 1. The van der Waals surface area contributed by atoms with E-state index in [4.69, 9.17) is 0 Å². The third kappa shape index (κ3) is 4.62. The molecule has 33 heavy (non-hydrogen) atoms. The summed E-state index contributed by atoms with van der Waals surface area (Å²) >= 11 is 1.48. The summed E-state index contributed by atoms with van der Waals surface area (Å²) in [6, 6.07) is 11.0. The second-order valence-corrected chi connectivity index (χ2v) is 10.3. The molecule has 0 aliphatic carbocycles. The summed E-state index contributed by atoms with van der Waals surface area (Å²) in [6.45, 7) is 8.24. The number of hydrogen-bond donors (Lipinski definition) is 2. The number of amides is 1. The van der Waals surface area contributed by atoms with Crippen molar-refractivity contribution in [2.45, 2.75) is 45.2 Å². The van der Waals surface area contributed by atoms with Gasteiger partial charge >= 0.3 is 0 Å². The first-order chi connectivity index (χ1) is 15.7. The highest BCUT2D eigenvalue weighted by atomic mass is 32.2. The zero-order valence-electron chi connectivity index (χ0n) is 18.8. The highest BCUT2D eigenvalue weighted by Crippen LogP contribution is 2.28. The van der Waals surface area contributed by atoms with Crippen LogP contribution in [0.25, 0.3) is 11.0 Å². The van der Waals surface area contributed by atoms with Crippen LogP contribution in [0.15, 0.2) is 52.7 Å². The molecule has 0 saturated carbocycles. The Morgan fingerprint density at radius 1 is 1.15 bits per heavy atom. The van der Waals surface area contributed by atoms with Gasteiger partial charge in [-0.25, -0.2) is 18.4 Å². The molecule has 0 aliphatic rings. The second-order valence-electron chi connectivity index (χ2n) is 7.74. The molecule has 0 bridgehead atoms. The topological polar surface area (TPSA) is 106 Å². The van der Waals surface area contributed by atoms with Crippen LogP contribution in [0.1, 0.15) is 46.8 Å². The van der Waals surface area contributed by atoms with Gasteiger partial charge in [-0.05, 0) is 52.0 Å². The Labute approximate surface area is 196 Å². The van der Waals surface area contributed by atoms with Crippen LogP contribution >= 0.6 is 11.3 Å². The lowest BCUT2D eigenvalue weighted by atomic mass is 10.1. The number of aryl methyl sites for hydroxylation is 3. The fraction of sp³-hybridized carbons (Fsp3) is 0.261. The minimum absolute atomic E-state index is 0.138. The molecule has 1 unspecified atom stereocenters. The molecule has 4 aromatic rings. The Balaban J connectivity index is 1.76. The van der Waals surface area contributed by atoms with Crippen molar-refractivity contribution in [2.24, 2.45) is 0 Å². The molecule has 0 radical (unpaired) electrons. The summed E-state index contributed by atoms with van der Waals surface area (Å²) in [7, 11) is -3.82. The summed E-state index contributed by atoms with van der Waals surface area (Å²) < 4.78 is 30.3. The molecule has 172 valence electrons. The Morgan fingerprint density at radius 2 is 1.88 bits per heavy atom. The highest BCUT2D eigenvalue weighted by Gasteiger charge is 2.22. The first-order valence-corrected chi connectivity index (χ1v) is 12.9. The van der Waals surface area contributed by atoms with Crippen LogP contribution in [-0.2, 0) is 16.6 Å². The van der Waals surface area contributed by atoms with Crippen LogP contribution < -0.4 is 10.0 Å². The van der Waals surface area contributed by atoms with Crippen LogP contribution in [0.2, 0.25) is 0 Å². The zero-order chi connectivity index (χ0) is 23.8. The van der Waals surface area contributed by atoms with Gasteiger partial charge in [0.1, 0.15) is 10.8 Å². The third-order valence-corrected chi connectivity index (χ3v) is 7.80. The lowest BCUT2D eigenvalue weighted by molar-refractivity contribution is 0.0941. The molecule has 2 aromatic heterocycles. The second kappa shape index (κ2) is 8.95. The van der Waals surface area contributed by atoms with E-state index in [0.29, 0.717) is 23.1 Å². The predicted molar refractivity (Wildman–Crippen MR) is 130 cm³/mol. The third-order valence-electron chi connectivity index (χ3n) is 5.25. The van der Waals surface area contributed by atoms with Gasteiger partial charge in [-0.3, -0.25) is 9.52 Å². The van der Waals surface area contributed by atoms with E-state index in [2.05, 4.69) is 20.0 Å². The van der Waals surface area contributed by atoms with Gasteiger partial charge in [0, 0.05) is 17.6 Å². The molecule has 0 fully saturated rings. The number of nitrogens with zero attached hydrogens (tertiary/aromatic N) is 3. The number of aromatic nitrogens is 3. The minimum Gasteiger partial charge on any atom is -0.343 e. The van der Waals surface area contributed by atoms with Crippen LogP contribution in [0.4, 0.5) is 5.69 Å². The van der Waals surface area contributed by atoms with Crippen molar-refractivity contribution in [3.05, 3.63) is 69.9 Å². The fourth-order valence-corrected chi connectivity index (χ4v) is 5.59. The van der Waals surface area contributed by atoms with Gasteiger partial charge in [-0.2, -0.15) is 0 Å². The highest BCUT2D eigenvalue weighted by molar-refractivity contribution is 7.92. The molecule has 1 amide bonds. The minimum atomic E-state index is -3.82. The Hall–Kier alpha value is -3.24. The number of hydrogen-bond acceptors (Lipinski definition) is 6. The van der Waals surface area contributed by atoms with E-state index in [1.54, 1.807) is 30.3 Å². The number of benzene rings is 2. The number of anilines is 1. The maximum Gasteiger partial charge on any atom is 0.261 e. The monoisotopic (exact) mass is 483 g/mol. The van der Waals surface area contributed by atoms with E-state index in [0.717, 1.165) is 16.5 Å². The molecule has 2 N–H and O–H groups in total. The smallest absolute Gasteiger partial charge is 0.261 e. The molecule has 0 saturated heterocycles. The van der Waals surface area contributed by atoms with Gasteiger partial charge in [-0.1, -0.05) is 18.2 Å². The van der Waals surface area contributed by atoms with Crippen LogP contribution in [0.3, 0.4) is 0 Å². The van der Waals surface area contributed by atoms with E-state index in [9.17, 15) is 13.2 Å². The van der Waals surface area contributed by atoms with Gasteiger partial charge in [-0.15, -0.1) is 11.3 Å². The van der Waals surface area contributed by atoms with Crippen molar-refractivity contribution in [3.63, 3.8) is 0 Å². The molecular formula is C23H25N5O3S2. The van der Waals surface area contributed by atoms with Crippen molar-refractivity contribution in [2.75, 3.05) is 4.72 Å². The summed E-state index contributed by atoms with van der Waals surface area (Å²) in [5.41, 5.74) is 2.73. The van der Waals surface area contributed by atoms with Gasteiger partial charge in [0.05, 0.1) is 33.2 Å². The van der Waals surface area contributed by atoms with Crippen molar-refractivity contribution >= 4 is 44.0 Å². The summed E-state index contributed by atoms with van der Waals surface area (Å²) in [6.07, 6.45) is 0. The van der Waals surface area contributed by atoms with Crippen molar-refractivity contribution in [3.8, 4) is 0 Å². The molecule has 0 aliphatic heterocycles. The molecule has 0 spiro atoms. The lowest BCUT2D eigenvalue weighted by Crippen LogP contribution is -2.27. The zero-order valence-corrected chi connectivity index (χ0v) is 20.4. The summed E-state index contributed by atoms with van der Waals surface area (Å²) in [5, 5.41) is 5.73. The average molecular weight is 484 g/mol. The van der Waals surface area contributed by atoms with E-state index in [-0.39, 0.29) is 22.5 Å². The number of sulfonamides is 1. The van der Waals surface area contributed by atoms with Gasteiger partial charge in [0.2, 0.25) is 0 Å². The maximum atomic E-state index is 13.4. The SMILES string of the molecule is CCn1c(C)nc2cc(NS(=O)(=O)c3ccccc3)cc(C(=O)NC(C)c3nc(C)cs3)c21. The molecule has 10 heteroatoms. The van der Waals surface area contributed by atoms with Crippen LogP contribution in [-0.4, -0.2) is 28.9 Å². The molecular weight excluding hydrogens is 458 g/mol. The van der Waals surface area contributed by atoms with E-state index in [1.165, 1.54) is 23.5 Å². The first-order valence-electron chi connectivity index (χ1n) is 10.5. The van der Waals surface area contributed by atoms with Crippen molar-refractivity contribution in [1.82, 2.24) is 19.9 Å². The quantitative estimate of drug-likeness (QED) is 0.405. The van der Waals surface area contributed by atoms with Gasteiger partial charge < -0.3 is 9.88 Å². The van der Waals surface area contributed by atoms with Crippen LogP contribution in [0.5, 0.6) is 0 Å². The number of nitrogens with one attached hydrogen (secondary N) is 2. The molecule has 1 atom stereocenters. The van der Waals surface area contributed by atoms with Gasteiger partial charge in [0.25, 0.3) is 15.9 Å². The standard InChI is InChI=1S/C23H25N5O3S2/c1-5-28-16(4)26-20-12-17(27-33(30,31)18-9-7-6-8-10-18)11-19(21(20)28)22(29)25-15(3)23-24-14(2)13-32-23/h6-13,15,27H,5H2,1-4H3,(H,25,29). The van der Waals surface area contributed by atoms with Crippen molar-refractivity contribution in [1.29, 1.82) is 0 Å². The fourth-order valence-electron chi connectivity index (χ4n) is 3.72. The summed E-state index contributed by atoms with van der Waals surface area (Å²) in [4.78, 5) is 22.5. The molecule has 4 rings (SSSR count). The number of fused-ring (bicyclic) bond motifs is 1. The number of carbonyl (C=O) groups excluding carboxylic acids is 1. The molecule has 8 nitrogen and oxygen atoms in total. The maximum absolute atomic E-state index is 13.4. The van der Waals surface area contributed by atoms with E-state index >= 15 is 0 Å². The average Bonchev–Trinajstić information content (AvgIpc) is 3.35. The largest absolute Gasteiger partial charge is 0.343 e. The summed E-state index contributed by atoms with van der Waals surface area (Å²) in [5.74, 6) is 0.420. The lowest BCUT2D eigenvalue weighted by Gasteiger charge is -2.15. The normalized spacial score (nSPS) is 12.6.